The lowest BCUT2D eigenvalue weighted by Gasteiger charge is -2.25. The Hall–Kier alpha value is -2.55. The van der Waals surface area contributed by atoms with Crippen LogP contribution in [0, 0.1) is 5.82 Å². The summed E-state index contributed by atoms with van der Waals surface area (Å²) in [6.45, 7) is -0.0517. The van der Waals surface area contributed by atoms with E-state index in [1.165, 1.54) is 23.1 Å². The smallest absolute Gasteiger partial charge is 0.295 e. The number of carbonyl (C=O) groups is 2. The SMILES string of the molecule is O=C1C(=O)N(CCOCCO)C(c2ccccc2F)C1=C(O)c1ccc(Br)cc1. The minimum Gasteiger partial charge on any atom is -0.507 e. The van der Waals surface area contributed by atoms with Gasteiger partial charge in [-0.2, -0.15) is 0 Å². The van der Waals surface area contributed by atoms with Gasteiger partial charge in [-0.25, -0.2) is 4.39 Å². The Bertz CT molecular complexity index is 944. The van der Waals surface area contributed by atoms with Crippen LogP contribution < -0.4 is 0 Å². The van der Waals surface area contributed by atoms with Gasteiger partial charge < -0.3 is 19.8 Å². The summed E-state index contributed by atoms with van der Waals surface area (Å²) in [5.74, 6) is -2.70. The summed E-state index contributed by atoms with van der Waals surface area (Å²) in [7, 11) is 0. The molecule has 2 aromatic carbocycles. The van der Waals surface area contributed by atoms with Crippen LogP contribution in [-0.2, 0) is 14.3 Å². The number of aliphatic hydroxyl groups excluding tert-OH is 2. The van der Waals surface area contributed by atoms with E-state index in [1.807, 2.05) is 0 Å². The van der Waals surface area contributed by atoms with Crippen LogP contribution in [0.5, 0.6) is 0 Å². The fourth-order valence-electron chi connectivity index (χ4n) is 3.22. The average molecular weight is 464 g/mol. The molecule has 1 amide bonds. The maximum Gasteiger partial charge on any atom is 0.295 e. The zero-order valence-corrected chi connectivity index (χ0v) is 16.9. The molecule has 0 radical (unpaired) electrons. The normalized spacial score (nSPS) is 18.4. The topological polar surface area (TPSA) is 87.1 Å². The highest BCUT2D eigenvalue weighted by Gasteiger charge is 2.46. The van der Waals surface area contributed by atoms with Gasteiger partial charge in [0.25, 0.3) is 11.7 Å². The van der Waals surface area contributed by atoms with E-state index in [9.17, 15) is 19.1 Å². The molecule has 8 heteroatoms. The average Bonchev–Trinajstić information content (AvgIpc) is 2.96. The number of benzene rings is 2. The van der Waals surface area contributed by atoms with Crippen LogP contribution in [0.15, 0.2) is 58.6 Å². The number of Topliss-reactive ketones (excluding diaryl/α,β-unsaturated/α-hetero) is 1. The van der Waals surface area contributed by atoms with Gasteiger partial charge in [0, 0.05) is 22.1 Å². The number of hydrogen-bond donors (Lipinski definition) is 2. The maximum atomic E-state index is 14.6. The lowest BCUT2D eigenvalue weighted by Crippen LogP contribution is -2.33. The van der Waals surface area contributed by atoms with Crippen molar-refractivity contribution in [3.05, 3.63) is 75.5 Å². The van der Waals surface area contributed by atoms with Gasteiger partial charge in [0.15, 0.2) is 0 Å². The van der Waals surface area contributed by atoms with Crippen molar-refractivity contribution in [2.75, 3.05) is 26.4 Å². The molecule has 1 aliphatic rings. The lowest BCUT2D eigenvalue weighted by atomic mass is 9.95. The summed E-state index contributed by atoms with van der Waals surface area (Å²) in [4.78, 5) is 26.6. The number of aliphatic hydroxyl groups is 2. The fraction of sp³-hybridized carbons (Fsp3) is 0.238. The van der Waals surface area contributed by atoms with Gasteiger partial charge >= 0.3 is 0 Å². The molecule has 0 spiro atoms. The summed E-state index contributed by atoms with van der Waals surface area (Å²) < 4.78 is 20.6. The predicted molar refractivity (Wildman–Crippen MR) is 107 cm³/mol. The molecule has 152 valence electrons. The number of hydrogen-bond acceptors (Lipinski definition) is 5. The molecule has 1 atom stereocenters. The molecule has 0 saturated carbocycles. The van der Waals surface area contributed by atoms with E-state index in [1.54, 1.807) is 30.3 Å². The van der Waals surface area contributed by atoms with Gasteiger partial charge in [-0.1, -0.05) is 46.3 Å². The van der Waals surface area contributed by atoms with Crippen molar-refractivity contribution in [1.29, 1.82) is 0 Å². The van der Waals surface area contributed by atoms with E-state index in [0.29, 0.717) is 5.56 Å². The molecule has 0 aliphatic carbocycles. The first-order valence-electron chi connectivity index (χ1n) is 8.93. The molecule has 1 aliphatic heterocycles. The van der Waals surface area contributed by atoms with Crippen LogP contribution in [0.1, 0.15) is 17.2 Å². The molecule has 1 unspecified atom stereocenters. The van der Waals surface area contributed by atoms with Gasteiger partial charge in [0.05, 0.1) is 31.4 Å². The zero-order chi connectivity index (χ0) is 21.0. The highest BCUT2D eigenvalue weighted by molar-refractivity contribution is 9.10. The van der Waals surface area contributed by atoms with Crippen molar-refractivity contribution >= 4 is 33.4 Å². The number of ether oxygens (including phenoxy) is 1. The third kappa shape index (κ3) is 4.39. The van der Waals surface area contributed by atoms with Crippen LogP contribution >= 0.6 is 15.9 Å². The monoisotopic (exact) mass is 463 g/mol. The Labute approximate surface area is 175 Å². The fourth-order valence-corrected chi connectivity index (χ4v) is 3.49. The molecule has 3 rings (SSSR count). The van der Waals surface area contributed by atoms with Crippen molar-refractivity contribution in [1.82, 2.24) is 4.90 Å². The quantitative estimate of drug-likeness (QED) is 0.285. The molecule has 6 nitrogen and oxygen atoms in total. The number of ketones is 1. The first kappa shape index (κ1) is 21.2. The number of amides is 1. The lowest BCUT2D eigenvalue weighted by molar-refractivity contribution is -0.140. The Morgan fingerprint density at radius 1 is 1.10 bits per heavy atom. The molecule has 2 aromatic rings. The van der Waals surface area contributed by atoms with E-state index in [4.69, 9.17) is 9.84 Å². The van der Waals surface area contributed by atoms with Crippen molar-refractivity contribution in [2.24, 2.45) is 0 Å². The number of rotatable bonds is 7. The first-order valence-corrected chi connectivity index (χ1v) is 9.72. The van der Waals surface area contributed by atoms with Crippen LogP contribution in [0.4, 0.5) is 4.39 Å². The summed E-state index contributed by atoms with van der Waals surface area (Å²) in [6.07, 6.45) is 0. The van der Waals surface area contributed by atoms with Crippen molar-refractivity contribution in [3.63, 3.8) is 0 Å². The van der Waals surface area contributed by atoms with Crippen LogP contribution in [0.3, 0.4) is 0 Å². The molecular weight excluding hydrogens is 445 g/mol. The number of halogens is 2. The summed E-state index contributed by atoms with van der Waals surface area (Å²) in [5.41, 5.74) is 0.265. The van der Waals surface area contributed by atoms with Gasteiger partial charge in [-0.05, 0) is 18.2 Å². The third-order valence-electron chi connectivity index (χ3n) is 4.57. The molecule has 1 fully saturated rings. The van der Waals surface area contributed by atoms with Crippen molar-refractivity contribution in [3.8, 4) is 0 Å². The van der Waals surface area contributed by atoms with Crippen molar-refractivity contribution in [2.45, 2.75) is 6.04 Å². The molecule has 0 aromatic heterocycles. The van der Waals surface area contributed by atoms with E-state index in [0.717, 1.165) is 4.47 Å². The standard InChI is InChI=1S/C21H19BrFNO5/c22-14-7-5-13(6-8-14)19(26)17-18(15-3-1-2-4-16(15)23)24(21(28)20(17)27)9-11-29-12-10-25/h1-8,18,25-26H,9-12H2. The highest BCUT2D eigenvalue weighted by atomic mass is 79.9. The molecule has 2 N–H and O–H groups in total. The van der Waals surface area contributed by atoms with Gasteiger partial charge in [0.2, 0.25) is 0 Å². The van der Waals surface area contributed by atoms with Gasteiger partial charge in [-0.15, -0.1) is 0 Å². The number of carbonyl (C=O) groups excluding carboxylic acids is 2. The zero-order valence-electron chi connectivity index (χ0n) is 15.3. The number of nitrogens with zero attached hydrogens (tertiary/aromatic N) is 1. The molecule has 0 bridgehead atoms. The van der Waals surface area contributed by atoms with Crippen LogP contribution in [0.2, 0.25) is 0 Å². The van der Waals surface area contributed by atoms with E-state index in [-0.39, 0.29) is 43.3 Å². The number of likely N-dealkylation sites (tertiary alicyclic amines) is 1. The summed E-state index contributed by atoms with van der Waals surface area (Å²) >= 11 is 3.30. The summed E-state index contributed by atoms with van der Waals surface area (Å²) in [5, 5.41) is 19.7. The van der Waals surface area contributed by atoms with Gasteiger partial charge in [0.1, 0.15) is 11.6 Å². The molecule has 29 heavy (non-hydrogen) atoms. The third-order valence-corrected chi connectivity index (χ3v) is 5.10. The molecular formula is C21H19BrFNO5. The second kappa shape index (κ2) is 9.30. The second-order valence-corrected chi connectivity index (χ2v) is 7.27. The van der Waals surface area contributed by atoms with E-state index < -0.39 is 23.5 Å². The maximum absolute atomic E-state index is 14.6. The second-order valence-electron chi connectivity index (χ2n) is 6.36. The van der Waals surface area contributed by atoms with Crippen molar-refractivity contribution < 1.29 is 28.9 Å². The van der Waals surface area contributed by atoms with Gasteiger partial charge in [-0.3, -0.25) is 9.59 Å². The molecule has 1 heterocycles. The minimum absolute atomic E-state index is 0.000687. The highest BCUT2D eigenvalue weighted by Crippen LogP contribution is 2.40. The predicted octanol–water partition coefficient (Wildman–Crippen LogP) is 3.02. The summed E-state index contributed by atoms with van der Waals surface area (Å²) in [6, 6.07) is 11.3. The largest absolute Gasteiger partial charge is 0.507 e. The van der Waals surface area contributed by atoms with Crippen LogP contribution in [-0.4, -0.2) is 53.2 Å². The van der Waals surface area contributed by atoms with E-state index in [2.05, 4.69) is 15.9 Å². The van der Waals surface area contributed by atoms with E-state index >= 15 is 0 Å². The van der Waals surface area contributed by atoms with Crippen LogP contribution in [0.25, 0.3) is 5.76 Å². The Morgan fingerprint density at radius 2 is 1.79 bits per heavy atom. The Balaban J connectivity index is 2.08. The Kier molecular flexibility index (Phi) is 6.79. The molecule has 1 saturated heterocycles. The minimum atomic E-state index is -1.09. The Morgan fingerprint density at radius 3 is 2.45 bits per heavy atom. The first-order chi connectivity index (χ1) is 14.0.